The summed E-state index contributed by atoms with van der Waals surface area (Å²) in [4.78, 5) is 13.3. The molecule has 19 heteroatoms. The van der Waals surface area contributed by atoms with Gasteiger partial charge in [0.25, 0.3) is 0 Å². The fraction of sp³-hybridized carbons (Fsp3) is 0.894. The molecule has 0 bridgehead atoms. The zero-order chi connectivity index (χ0) is 61.9. The lowest BCUT2D eigenvalue weighted by Gasteiger charge is -2.48. The minimum Gasteiger partial charge on any atom is -0.394 e. The van der Waals surface area contributed by atoms with Gasteiger partial charge >= 0.3 is 0 Å². The van der Waals surface area contributed by atoms with Crippen molar-refractivity contribution < 1.29 is 89.4 Å². The van der Waals surface area contributed by atoms with Crippen LogP contribution < -0.4 is 5.32 Å². The summed E-state index contributed by atoms with van der Waals surface area (Å²) in [5.74, 6) is -0.294. The molecule has 12 N–H and O–H groups in total. The lowest BCUT2D eigenvalue weighted by atomic mass is 9.96. The van der Waals surface area contributed by atoms with E-state index in [1.165, 1.54) is 154 Å². The predicted molar refractivity (Wildman–Crippen MR) is 328 cm³/mol. The number of unbranched alkanes of at least 4 members (excludes halogenated alkanes) is 31. The Hall–Kier alpha value is -1.99. The second-order valence-corrected chi connectivity index (χ2v) is 24.3. The second kappa shape index (κ2) is 48.8. The van der Waals surface area contributed by atoms with Crippen LogP contribution in [-0.4, -0.2) is 193 Å². The van der Waals surface area contributed by atoms with Gasteiger partial charge in [0.2, 0.25) is 5.91 Å². The molecule has 17 atom stereocenters. The van der Waals surface area contributed by atoms with Crippen molar-refractivity contribution in [2.45, 2.75) is 349 Å². The Labute approximate surface area is 511 Å². The van der Waals surface area contributed by atoms with Crippen molar-refractivity contribution in [2.75, 3.05) is 26.4 Å². The third-order valence-corrected chi connectivity index (χ3v) is 16.9. The number of aliphatic hydroxyl groups excluding tert-OH is 11. The summed E-state index contributed by atoms with van der Waals surface area (Å²) in [5, 5.41) is 120. The van der Waals surface area contributed by atoms with Crippen molar-refractivity contribution >= 4 is 5.91 Å². The molecule has 0 saturated carbocycles. The molecule has 3 aliphatic heterocycles. The third kappa shape index (κ3) is 31.5. The average Bonchev–Trinajstić information content (AvgIpc) is 3.58. The van der Waals surface area contributed by atoms with Crippen LogP contribution >= 0.6 is 0 Å². The summed E-state index contributed by atoms with van der Waals surface area (Å²) in [6.45, 7) is 1.70. The zero-order valence-corrected chi connectivity index (χ0v) is 52.3. The summed E-state index contributed by atoms with van der Waals surface area (Å²) >= 11 is 0. The van der Waals surface area contributed by atoms with Gasteiger partial charge in [0, 0.05) is 6.42 Å². The second-order valence-electron chi connectivity index (χ2n) is 24.3. The van der Waals surface area contributed by atoms with Gasteiger partial charge in [-0.3, -0.25) is 4.79 Å². The van der Waals surface area contributed by atoms with E-state index in [9.17, 15) is 61.0 Å². The number of allylic oxidation sites excluding steroid dienone is 5. The average molecular weight is 1220 g/mol. The van der Waals surface area contributed by atoms with Crippen molar-refractivity contribution in [3.63, 3.8) is 0 Å². The summed E-state index contributed by atoms with van der Waals surface area (Å²) in [6, 6.07) is -0.993. The van der Waals surface area contributed by atoms with Crippen LogP contribution in [0.15, 0.2) is 36.5 Å². The van der Waals surface area contributed by atoms with Crippen molar-refractivity contribution in [3.8, 4) is 0 Å². The molecule has 0 aliphatic carbocycles. The van der Waals surface area contributed by atoms with Crippen molar-refractivity contribution in [1.29, 1.82) is 0 Å². The van der Waals surface area contributed by atoms with Gasteiger partial charge < -0.3 is 89.9 Å². The van der Waals surface area contributed by atoms with Crippen LogP contribution in [0, 0.1) is 0 Å². The standard InChI is InChI=1S/C66H121NO18/c1-3-5-7-9-11-13-15-17-19-20-21-22-23-24-25-26-27-28-29-30-31-33-35-37-39-41-43-50(71)49(67-54(72)44-42-40-38-36-34-32-18-16-14-12-10-8-6-4-2)48-80-64-60(78)57(75)62(52(46-69)82-64)85-66-61(79)58(76)63(53(47-70)83-66)84-65-59(77)56(74)55(73)51(45-68)81-65/h16,18,33,35,41,43,49-53,55-66,68-71,73-79H,3-15,17,19-32,34,36-40,42,44-48H2,1-2H3,(H,67,72)/b18-16-,35-33+,43-41+. The number of hydrogen-bond donors (Lipinski definition) is 12. The number of carbonyl (C=O) groups excluding carboxylic acids is 1. The largest absolute Gasteiger partial charge is 0.394 e. The first kappa shape index (κ1) is 77.3. The van der Waals surface area contributed by atoms with E-state index < -0.39 is 124 Å². The van der Waals surface area contributed by atoms with Gasteiger partial charge in [-0.2, -0.15) is 0 Å². The molecule has 0 aromatic heterocycles. The number of carbonyl (C=O) groups is 1. The van der Waals surface area contributed by atoms with Gasteiger partial charge in [0.1, 0.15) is 73.2 Å². The quantitative estimate of drug-likeness (QED) is 0.0202. The van der Waals surface area contributed by atoms with E-state index in [2.05, 4.69) is 43.5 Å². The number of rotatable bonds is 51. The van der Waals surface area contributed by atoms with E-state index in [1.807, 2.05) is 6.08 Å². The van der Waals surface area contributed by atoms with E-state index >= 15 is 0 Å². The van der Waals surface area contributed by atoms with E-state index in [4.69, 9.17) is 28.4 Å². The van der Waals surface area contributed by atoms with E-state index in [0.717, 1.165) is 57.8 Å². The molecule has 0 spiro atoms. The maximum atomic E-state index is 13.3. The van der Waals surface area contributed by atoms with Gasteiger partial charge in [0.05, 0.1) is 38.6 Å². The lowest BCUT2D eigenvalue weighted by Crippen LogP contribution is -2.66. The molecule has 0 aromatic rings. The highest BCUT2D eigenvalue weighted by atomic mass is 16.8. The van der Waals surface area contributed by atoms with Crippen molar-refractivity contribution in [1.82, 2.24) is 5.32 Å². The molecule has 17 unspecified atom stereocenters. The normalized spacial score (nSPS) is 29.2. The third-order valence-electron chi connectivity index (χ3n) is 16.9. The van der Waals surface area contributed by atoms with Crippen LogP contribution in [0.2, 0.25) is 0 Å². The summed E-state index contributed by atoms with van der Waals surface area (Å²) in [6.07, 6.45) is 28.5. The molecule has 3 rings (SSSR count). The molecular weight excluding hydrogens is 1090 g/mol. The fourth-order valence-corrected chi connectivity index (χ4v) is 11.4. The summed E-state index contributed by atoms with van der Waals surface area (Å²) in [7, 11) is 0. The molecule has 3 heterocycles. The van der Waals surface area contributed by atoms with Crippen LogP contribution in [0.1, 0.15) is 245 Å². The van der Waals surface area contributed by atoms with Gasteiger partial charge in [-0.15, -0.1) is 0 Å². The van der Waals surface area contributed by atoms with Crippen LogP contribution in [0.3, 0.4) is 0 Å². The number of nitrogens with one attached hydrogen (secondary N) is 1. The van der Waals surface area contributed by atoms with Crippen LogP contribution in [0.25, 0.3) is 0 Å². The van der Waals surface area contributed by atoms with Gasteiger partial charge in [0.15, 0.2) is 18.9 Å². The van der Waals surface area contributed by atoms with Gasteiger partial charge in [-0.1, -0.05) is 217 Å². The molecule has 0 radical (unpaired) electrons. The van der Waals surface area contributed by atoms with E-state index in [0.29, 0.717) is 12.8 Å². The Kier molecular flexibility index (Phi) is 44.4. The Morgan fingerprint density at radius 2 is 0.753 bits per heavy atom. The molecular formula is C66H121NO18. The first-order valence-corrected chi connectivity index (χ1v) is 33.7. The Balaban J connectivity index is 1.45. The molecule has 0 aromatic carbocycles. The highest BCUT2D eigenvalue weighted by molar-refractivity contribution is 5.76. The van der Waals surface area contributed by atoms with Gasteiger partial charge in [-0.05, 0) is 57.8 Å². The van der Waals surface area contributed by atoms with Crippen molar-refractivity contribution in [3.05, 3.63) is 36.5 Å². The summed E-state index contributed by atoms with van der Waals surface area (Å²) < 4.78 is 34.3. The van der Waals surface area contributed by atoms with E-state index in [-0.39, 0.29) is 18.9 Å². The first-order valence-electron chi connectivity index (χ1n) is 33.7. The highest BCUT2D eigenvalue weighted by Crippen LogP contribution is 2.33. The minimum absolute atomic E-state index is 0.226. The molecule has 19 nitrogen and oxygen atoms in total. The number of aliphatic hydroxyl groups is 11. The molecule has 3 fully saturated rings. The van der Waals surface area contributed by atoms with Crippen LogP contribution in [0.5, 0.6) is 0 Å². The molecule has 498 valence electrons. The molecule has 3 saturated heterocycles. The monoisotopic (exact) mass is 1220 g/mol. The maximum absolute atomic E-state index is 13.3. The predicted octanol–water partition coefficient (Wildman–Crippen LogP) is 8.05. The topological polar surface area (TPSA) is 307 Å². The Morgan fingerprint density at radius 1 is 0.412 bits per heavy atom. The number of ether oxygens (including phenoxy) is 6. The summed E-state index contributed by atoms with van der Waals surface area (Å²) in [5.41, 5.74) is 0. The minimum atomic E-state index is -1.98. The smallest absolute Gasteiger partial charge is 0.220 e. The van der Waals surface area contributed by atoms with Gasteiger partial charge in [-0.25, -0.2) is 0 Å². The Bertz CT molecular complexity index is 1690. The van der Waals surface area contributed by atoms with Crippen molar-refractivity contribution in [2.24, 2.45) is 0 Å². The lowest BCUT2D eigenvalue weighted by molar-refractivity contribution is -0.379. The molecule has 85 heavy (non-hydrogen) atoms. The maximum Gasteiger partial charge on any atom is 0.220 e. The zero-order valence-electron chi connectivity index (χ0n) is 52.3. The molecule has 3 aliphatic rings. The number of hydrogen-bond acceptors (Lipinski definition) is 18. The fourth-order valence-electron chi connectivity index (χ4n) is 11.4. The Morgan fingerprint density at radius 3 is 1.18 bits per heavy atom. The highest BCUT2D eigenvalue weighted by Gasteiger charge is 2.53. The van der Waals surface area contributed by atoms with E-state index in [1.54, 1.807) is 6.08 Å². The molecule has 1 amide bonds. The SMILES string of the molecule is CCCCCCC/C=C\CCCCCCCC(=O)NC(COC1OC(CO)C(OC2OC(CO)C(OC3OC(CO)C(O)C(O)C3O)C(O)C2O)C(O)C1O)C(O)/C=C/CC/C=C/CCCCCCCCCCCCCCCCCCCCCC. The first-order chi connectivity index (χ1) is 41.3. The van der Waals surface area contributed by atoms with Crippen LogP contribution in [0.4, 0.5) is 0 Å². The number of amides is 1. The van der Waals surface area contributed by atoms with Crippen LogP contribution in [-0.2, 0) is 33.2 Å².